The van der Waals surface area contributed by atoms with Gasteiger partial charge in [0.15, 0.2) is 4.77 Å². The topological polar surface area (TPSA) is 84.0 Å². The smallest absolute Gasteiger partial charge is 0.270 e. The lowest BCUT2D eigenvalue weighted by molar-refractivity contribution is 0.0932. The van der Waals surface area contributed by atoms with Crippen LogP contribution >= 0.6 is 12.2 Å². The zero-order valence-corrected chi connectivity index (χ0v) is 14.6. The van der Waals surface area contributed by atoms with Crippen LogP contribution < -0.4 is 5.32 Å². The van der Waals surface area contributed by atoms with E-state index in [4.69, 9.17) is 12.2 Å². The molecule has 8 heteroatoms. The molecule has 1 atom stereocenters. The summed E-state index contributed by atoms with van der Waals surface area (Å²) in [4.78, 5) is 15.3. The molecule has 0 spiro atoms. The van der Waals surface area contributed by atoms with Crippen LogP contribution in [0.1, 0.15) is 23.8 Å². The monoisotopic (exact) mass is 353 g/mol. The fourth-order valence-corrected chi connectivity index (χ4v) is 3.17. The highest BCUT2D eigenvalue weighted by Crippen LogP contribution is 2.12. The van der Waals surface area contributed by atoms with Crippen LogP contribution in [0.4, 0.5) is 0 Å². The maximum Gasteiger partial charge on any atom is 0.270 e. The molecular weight excluding hydrogens is 334 g/mol. The number of aromatic nitrogens is 2. The van der Waals surface area contributed by atoms with Gasteiger partial charge in [-0.25, -0.2) is 8.42 Å². The molecule has 0 aliphatic carbocycles. The molecule has 0 aliphatic rings. The molecule has 0 aliphatic heterocycles. The Hall–Kier alpha value is -1.93. The zero-order chi connectivity index (χ0) is 17.0. The summed E-state index contributed by atoms with van der Waals surface area (Å²) in [6.45, 7) is 1.77. The number of hydrogen-bond donors (Lipinski definition) is 2. The van der Waals surface area contributed by atoms with Gasteiger partial charge in [-0.3, -0.25) is 9.36 Å². The van der Waals surface area contributed by atoms with Crippen LogP contribution in [0.15, 0.2) is 36.5 Å². The summed E-state index contributed by atoms with van der Waals surface area (Å²) in [5, 5.41) is 2.80. The highest BCUT2D eigenvalue weighted by atomic mass is 32.2. The minimum atomic E-state index is -3.05. The number of imidazole rings is 1. The lowest BCUT2D eigenvalue weighted by atomic mass is 10.2. The van der Waals surface area contributed by atoms with Crippen LogP contribution in [0, 0.1) is 4.77 Å². The maximum absolute atomic E-state index is 12.4. The van der Waals surface area contributed by atoms with E-state index in [0.29, 0.717) is 16.9 Å². The molecule has 0 saturated carbocycles. The van der Waals surface area contributed by atoms with Crippen molar-refractivity contribution in [1.29, 1.82) is 0 Å². The van der Waals surface area contributed by atoms with Crippen molar-refractivity contribution in [2.45, 2.75) is 19.4 Å². The average Bonchev–Trinajstić information content (AvgIpc) is 2.87. The average molecular weight is 353 g/mol. The molecule has 124 valence electrons. The molecule has 0 saturated heterocycles. The first-order valence-electron chi connectivity index (χ1n) is 7.12. The maximum atomic E-state index is 12.4. The van der Waals surface area contributed by atoms with Gasteiger partial charge < -0.3 is 10.3 Å². The van der Waals surface area contributed by atoms with E-state index >= 15 is 0 Å². The van der Waals surface area contributed by atoms with Gasteiger partial charge in [0.2, 0.25) is 0 Å². The summed E-state index contributed by atoms with van der Waals surface area (Å²) in [7, 11) is -3.05. The van der Waals surface area contributed by atoms with E-state index in [-0.39, 0.29) is 17.7 Å². The molecule has 2 N–H and O–H groups in total. The summed E-state index contributed by atoms with van der Waals surface area (Å²) in [5.74, 6) is -0.269. The van der Waals surface area contributed by atoms with Gasteiger partial charge in [-0.15, -0.1) is 0 Å². The molecule has 1 unspecified atom stereocenters. The number of nitrogens with one attached hydrogen (secondary N) is 2. The zero-order valence-electron chi connectivity index (χ0n) is 12.9. The van der Waals surface area contributed by atoms with Gasteiger partial charge in [0.25, 0.3) is 5.91 Å². The third-order valence-corrected chi connectivity index (χ3v) is 4.60. The molecule has 2 rings (SSSR count). The van der Waals surface area contributed by atoms with Crippen LogP contribution in [-0.2, 0) is 9.84 Å². The van der Waals surface area contributed by atoms with Gasteiger partial charge in [-0.05, 0) is 37.7 Å². The van der Waals surface area contributed by atoms with Crippen LogP contribution in [0.2, 0.25) is 0 Å². The Morgan fingerprint density at radius 2 is 2.00 bits per heavy atom. The van der Waals surface area contributed by atoms with Crippen molar-refractivity contribution in [3.05, 3.63) is 47.0 Å². The predicted molar refractivity (Wildman–Crippen MR) is 92.2 cm³/mol. The molecule has 1 aromatic carbocycles. The van der Waals surface area contributed by atoms with Crippen molar-refractivity contribution < 1.29 is 13.2 Å². The van der Waals surface area contributed by atoms with Crippen LogP contribution in [-0.4, -0.2) is 41.9 Å². The van der Waals surface area contributed by atoms with E-state index in [1.54, 1.807) is 17.7 Å². The Morgan fingerprint density at radius 3 is 2.61 bits per heavy atom. The number of rotatable bonds is 6. The summed E-state index contributed by atoms with van der Waals surface area (Å²) in [5.41, 5.74) is 1.17. The number of hydrogen-bond acceptors (Lipinski definition) is 4. The van der Waals surface area contributed by atoms with E-state index < -0.39 is 9.84 Å². The van der Waals surface area contributed by atoms with Gasteiger partial charge in [0.1, 0.15) is 15.5 Å². The minimum absolute atomic E-state index is 0.0343. The summed E-state index contributed by atoms with van der Waals surface area (Å²) in [6, 6.07) is 9.05. The largest absolute Gasteiger partial charge is 0.348 e. The van der Waals surface area contributed by atoms with Gasteiger partial charge in [0.05, 0.1) is 5.75 Å². The number of carbonyl (C=O) groups excluding carboxylic acids is 1. The third kappa shape index (κ3) is 4.77. The number of aromatic amines is 1. The van der Waals surface area contributed by atoms with Gasteiger partial charge in [-0.1, -0.05) is 18.2 Å². The third-order valence-electron chi connectivity index (χ3n) is 3.32. The number of amides is 1. The Labute approximate surface area is 140 Å². The molecule has 0 fully saturated rings. The second-order valence-corrected chi connectivity index (χ2v) is 8.09. The molecule has 1 amide bonds. The van der Waals surface area contributed by atoms with E-state index in [1.807, 2.05) is 30.3 Å². The lowest BCUT2D eigenvalue weighted by Crippen LogP contribution is -2.35. The highest BCUT2D eigenvalue weighted by molar-refractivity contribution is 7.90. The normalized spacial score (nSPS) is 12.8. The Balaban J connectivity index is 2.17. The van der Waals surface area contributed by atoms with Crippen molar-refractivity contribution in [2.75, 3.05) is 12.0 Å². The molecule has 0 bridgehead atoms. The summed E-state index contributed by atoms with van der Waals surface area (Å²) in [6.07, 6.45) is 3.09. The Bertz CT molecular complexity index is 838. The lowest BCUT2D eigenvalue weighted by Gasteiger charge is -2.14. The van der Waals surface area contributed by atoms with E-state index in [1.165, 1.54) is 6.26 Å². The first kappa shape index (κ1) is 17.4. The predicted octanol–water partition coefficient (Wildman–Crippen LogP) is 2.09. The molecule has 1 aromatic heterocycles. The standard InChI is InChI=1S/C15H19N3O3S2/c1-11(8-9-23(2,20)21)17-14(19)13-10-16-15(22)18(13)12-6-4-3-5-7-12/h3-7,10-11H,8-9H2,1-2H3,(H,16,22)(H,17,19). The van der Waals surface area contributed by atoms with E-state index in [2.05, 4.69) is 10.3 Å². The van der Waals surface area contributed by atoms with Gasteiger partial charge in [0, 0.05) is 24.2 Å². The molecule has 0 radical (unpaired) electrons. The SMILES string of the molecule is CC(CCS(C)(=O)=O)NC(=O)c1c[nH]c(=S)n1-c1ccccc1. The molecule has 2 aromatic rings. The van der Waals surface area contributed by atoms with Crippen molar-refractivity contribution in [3.8, 4) is 5.69 Å². The van der Waals surface area contributed by atoms with Crippen molar-refractivity contribution in [2.24, 2.45) is 0 Å². The molecule has 6 nitrogen and oxygen atoms in total. The minimum Gasteiger partial charge on any atom is -0.348 e. The second kappa shape index (κ2) is 7.10. The summed E-state index contributed by atoms with van der Waals surface area (Å²) >= 11 is 5.24. The number of benzene rings is 1. The number of para-hydroxylation sites is 1. The first-order chi connectivity index (χ1) is 10.8. The Kier molecular flexibility index (Phi) is 5.38. The molecule has 1 heterocycles. The van der Waals surface area contributed by atoms with Crippen LogP contribution in [0.5, 0.6) is 0 Å². The number of H-pyrrole nitrogens is 1. The Morgan fingerprint density at radius 1 is 1.35 bits per heavy atom. The van der Waals surface area contributed by atoms with Gasteiger partial charge in [-0.2, -0.15) is 0 Å². The fourth-order valence-electron chi connectivity index (χ4n) is 2.13. The van der Waals surface area contributed by atoms with Crippen LogP contribution in [0.3, 0.4) is 0 Å². The van der Waals surface area contributed by atoms with Crippen molar-refractivity contribution >= 4 is 28.0 Å². The van der Waals surface area contributed by atoms with Gasteiger partial charge >= 0.3 is 0 Å². The van der Waals surface area contributed by atoms with E-state index in [0.717, 1.165) is 5.69 Å². The number of sulfone groups is 1. The quantitative estimate of drug-likeness (QED) is 0.779. The van der Waals surface area contributed by atoms with E-state index in [9.17, 15) is 13.2 Å². The highest BCUT2D eigenvalue weighted by Gasteiger charge is 2.17. The molecular formula is C15H19N3O3S2. The van der Waals surface area contributed by atoms with Crippen molar-refractivity contribution in [3.63, 3.8) is 0 Å². The molecule has 23 heavy (non-hydrogen) atoms. The van der Waals surface area contributed by atoms with Crippen molar-refractivity contribution in [1.82, 2.24) is 14.9 Å². The number of nitrogens with zero attached hydrogens (tertiary/aromatic N) is 1. The first-order valence-corrected chi connectivity index (χ1v) is 9.59. The fraction of sp³-hybridized carbons (Fsp3) is 0.333. The second-order valence-electron chi connectivity index (χ2n) is 5.44. The number of carbonyl (C=O) groups is 1. The summed E-state index contributed by atoms with van der Waals surface area (Å²) < 4.78 is 24.5. The van der Waals surface area contributed by atoms with Crippen LogP contribution in [0.25, 0.3) is 5.69 Å².